The fourth-order valence-corrected chi connectivity index (χ4v) is 4.51. The lowest BCUT2D eigenvalue weighted by atomic mass is 9.87. The van der Waals surface area contributed by atoms with E-state index in [1.165, 1.54) is 11.1 Å². The van der Waals surface area contributed by atoms with Crippen LogP contribution in [0.4, 0.5) is 5.69 Å². The summed E-state index contributed by atoms with van der Waals surface area (Å²) in [5.41, 5.74) is 4.49. The molecule has 0 spiro atoms. The zero-order valence-electron chi connectivity index (χ0n) is 17.6. The van der Waals surface area contributed by atoms with Crippen LogP contribution in [0.15, 0.2) is 58.5 Å². The summed E-state index contributed by atoms with van der Waals surface area (Å²) in [5, 5.41) is 0.718. The summed E-state index contributed by atoms with van der Waals surface area (Å²) in [6.45, 7) is 10.7. The molecule has 2 aliphatic heterocycles. The lowest BCUT2D eigenvalue weighted by Crippen LogP contribution is -2.41. The number of fused-ring (bicyclic) bond motifs is 3. The Hall–Kier alpha value is -2.40. The molecule has 4 rings (SSSR count). The van der Waals surface area contributed by atoms with Gasteiger partial charge in [0.2, 0.25) is 0 Å². The lowest BCUT2D eigenvalue weighted by Gasteiger charge is -2.26. The molecular formula is C24H27N3OS. The number of rotatable bonds is 3. The molecule has 2 aromatic rings. The van der Waals surface area contributed by atoms with E-state index < -0.39 is 0 Å². The molecule has 0 bridgehead atoms. The lowest BCUT2D eigenvalue weighted by molar-refractivity contribution is -0.125. The summed E-state index contributed by atoms with van der Waals surface area (Å²) in [5.74, 6) is 1.68. The van der Waals surface area contributed by atoms with Crippen LogP contribution in [-0.2, 0) is 16.0 Å². The number of nitrogens with zero attached hydrogens (tertiary/aromatic N) is 3. The predicted molar refractivity (Wildman–Crippen MR) is 122 cm³/mol. The summed E-state index contributed by atoms with van der Waals surface area (Å²) in [6, 6.07) is 16.3. The summed E-state index contributed by atoms with van der Waals surface area (Å²) >= 11 is 1.60. The summed E-state index contributed by atoms with van der Waals surface area (Å²) in [7, 11) is 0. The highest BCUT2D eigenvalue weighted by atomic mass is 32.2. The number of benzene rings is 2. The molecular weight excluding hydrogens is 378 g/mol. The van der Waals surface area contributed by atoms with Gasteiger partial charge in [-0.25, -0.2) is 9.89 Å². The molecule has 0 radical (unpaired) electrons. The van der Waals surface area contributed by atoms with Crippen molar-refractivity contribution in [2.45, 2.75) is 51.8 Å². The normalized spacial score (nSPS) is 18.5. The molecule has 29 heavy (non-hydrogen) atoms. The van der Waals surface area contributed by atoms with E-state index in [0.717, 1.165) is 28.0 Å². The van der Waals surface area contributed by atoms with E-state index in [-0.39, 0.29) is 23.3 Å². The second kappa shape index (κ2) is 7.45. The minimum absolute atomic E-state index is 0.0267. The van der Waals surface area contributed by atoms with Crippen molar-refractivity contribution in [2.75, 3.05) is 0 Å². The summed E-state index contributed by atoms with van der Waals surface area (Å²) < 4.78 is 0. The number of carbonyl (C=O) groups is 1. The number of hydrogen-bond acceptors (Lipinski definition) is 4. The average molecular weight is 406 g/mol. The molecule has 0 N–H and O–H groups in total. The topological polar surface area (TPSA) is 45.0 Å². The van der Waals surface area contributed by atoms with Gasteiger partial charge in [0.05, 0.1) is 5.69 Å². The van der Waals surface area contributed by atoms with E-state index in [4.69, 9.17) is 9.98 Å². The zero-order chi connectivity index (χ0) is 20.8. The second-order valence-electron chi connectivity index (χ2n) is 8.96. The van der Waals surface area contributed by atoms with Crippen molar-refractivity contribution in [3.63, 3.8) is 0 Å². The standard InChI is InChI=1S/C24H27N3OS/c1-15(2)20-22(28)27-21(26-20)18-8-6-7-9-19(18)25-23(27)29-14-16-10-12-17(13-11-16)24(3,4)5/h6-13,15,20H,14H2,1-5H3/t20-/m1/s1. The molecule has 5 heteroatoms. The highest BCUT2D eigenvalue weighted by Gasteiger charge is 2.42. The monoisotopic (exact) mass is 405 g/mol. The van der Waals surface area contributed by atoms with Crippen molar-refractivity contribution in [3.05, 3.63) is 65.2 Å². The van der Waals surface area contributed by atoms with Gasteiger partial charge < -0.3 is 0 Å². The third kappa shape index (κ3) is 3.76. The van der Waals surface area contributed by atoms with Gasteiger partial charge in [-0.3, -0.25) is 9.79 Å². The van der Waals surface area contributed by atoms with Crippen LogP contribution < -0.4 is 0 Å². The summed E-state index contributed by atoms with van der Waals surface area (Å²) in [4.78, 5) is 24.4. The first-order valence-corrected chi connectivity index (χ1v) is 11.1. The van der Waals surface area contributed by atoms with Crippen LogP contribution in [0, 0.1) is 5.92 Å². The van der Waals surface area contributed by atoms with Crippen LogP contribution in [0.5, 0.6) is 0 Å². The van der Waals surface area contributed by atoms with Crippen molar-refractivity contribution < 1.29 is 4.79 Å². The van der Waals surface area contributed by atoms with Gasteiger partial charge >= 0.3 is 0 Å². The molecule has 0 fully saturated rings. The number of amidine groups is 2. The van der Waals surface area contributed by atoms with Gasteiger partial charge in [-0.1, -0.05) is 82.8 Å². The van der Waals surface area contributed by atoms with Gasteiger partial charge in [0.25, 0.3) is 5.91 Å². The number of aliphatic imine (C=N–C) groups is 2. The Balaban J connectivity index is 1.61. The molecule has 0 aromatic heterocycles. The van der Waals surface area contributed by atoms with Crippen LogP contribution in [-0.4, -0.2) is 27.9 Å². The Morgan fingerprint density at radius 1 is 1.07 bits per heavy atom. The fourth-order valence-electron chi connectivity index (χ4n) is 3.55. The molecule has 0 saturated carbocycles. The Morgan fingerprint density at radius 2 is 1.76 bits per heavy atom. The van der Waals surface area contributed by atoms with Crippen molar-refractivity contribution in [2.24, 2.45) is 15.9 Å². The first kappa shape index (κ1) is 19.9. The van der Waals surface area contributed by atoms with Crippen LogP contribution in [0.3, 0.4) is 0 Å². The Kier molecular flexibility index (Phi) is 5.11. The quantitative estimate of drug-likeness (QED) is 0.674. The Labute approximate surface area is 177 Å². The smallest absolute Gasteiger partial charge is 0.259 e. The van der Waals surface area contributed by atoms with Crippen LogP contribution in [0.2, 0.25) is 0 Å². The zero-order valence-corrected chi connectivity index (χ0v) is 18.5. The SMILES string of the molecule is CC(C)[C@H]1N=C2c3ccccc3N=C(SCc3ccc(C(C)(C)C)cc3)N2C1=O. The van der Waals surface area contributed by atoms with Crippen LogP contribution in [0.1, 0.15) is 51.3 Å². The van der Waals surface area contributed by atoms with Crippen LogP contribution in [0.25, 0.3) is 0 Å². The molecule has 1 atom stereocenters. The first-order chi connectivity index (χ1) is 13.8. The highest BCUT2D eigenvalue weighted by molar-refractivity contribution is 8.13. The molecule has 0 saturated heterocycles. The van der Waals surface area contributed by atoms with E-state index in [1.807, 2.05) is 38.1 Å². The third-order valence-corrected chi connectivity index (χ3v) is 6.33. The highest BCUT2D eigenvalue weighted by Crippen LogP contribution is 2.35. The molecule has 0 aliphatic carbocycles. The molecule has 150 valence electrons. The van der Waals surface area contributed by atoms with E-state index >= 15 is 0 Å². The van der Waals surface area contributed by atoms with E-state index in [1.54, 1.807) is 16.7 Å². The Bertz CT molecular complexity index is 1000. The number of para-hydroxylation sites is 1. The summed E-state index contributed by atoms with van der Waals surface area (Å²) in [6.07, 6.45) is 0. The molecule has 1 amide bonds. The molecule has 2 aromatic carbocycles. The van der Waals surface area contributed by atoms with Gasteiger partial charge in [-0.05, 0) is 34.6 Å². The van der Waals surface area contributed by atoms with Crippen molar-refractivity contribution in [1.82, 2.24) is 4.90 Å². The van der Waals surface area contributed by atoms with Crippen molar-refractivity contribution >= 4 is 34.4 Å². The second-order valence-corrected chi connectivity index (χ2v) is 9.90. The minimum atomic E-state index is -0.340. The number of thioether (sulfide) groups is 1. The molecule has 2 aliphatic rings. The van der Waals surface area contributed by atoms with Crippen LogP contribution >= 0.6 is 11.8 Å². The minimum Gasteiger partial charge on any atom is -0.271 e. The maximum absolute atomic E-state index is 13.1. The molecule has 2 heterocycles. The first-order valence-electron chi connectivity index (χ1n) is 10.1. The number of amides is 1. The number of hydrogen-bond donors (Lipinski definition) is 0. The van der Waals surface area contributed by atoms with Crippen molar-refractivity contribution in [1.29, 1.82) is 0 Å². The van der Waals surface area contributed by atoms with Gasteiger partial charge in [-0.2, -0.15) is 0 Å². The van der Waals surface area contributed by atoms with Gasteiger partial charge in [0, 0.05) is 11.3 Å². The van der Waals surface area contributed by atoms with E-state index in [2.05, 4.69) is 45.0 Å². The largest absolute Gasteiger partial charge is 0.271 e. The average Bonchev–Trinajstić information content (AvgIpc) is 3.04. The number of carbonyl (C=O) groups excluding carboxylic acids is 1. The fraction of sp³-hybridized carbons (Fsp3) is 0.375. The molecule has 4 nitrogen and oxygen atoms in total. The predicted octanol–water partition coefficient (Wildman–Crippen LogP) is 5.53. The maximum atomic E-state index is 13.1. The van der Waals surface area contributed by atoms with E-state index in [9.17, 15) is 4.79 Å². The molecule has 0 unspecified atom stereocenters. The Morgan fingerprint density at radius 3 is 2.41 bits per heavy atom. The van der Waals surface area contributed by atoms with Gasteiger partial charge in [0.15, 0.2) is 5.17 Å². The van der Waals surface area contributed by atoms with Gasteiger partial charge in [0.1, 0.15) is 11.9 Å². The maximum Gasteiger partial charge on any atom is 0.259 e. The van der Waals surface area contributed by atoms with Gasteiger partial charge in [-0.15, -0.1) is 0 Å². The van der Waals surface area contributed by atoms with E-state index in [0.29, 0.717) is 0 Å². The third-order valence-electron chi connectivity index (χ3n) is 5.32. The van der Waals surface area contributed by atoms with Crippen molar-refractivity contribution in [3.8, 4) is 0 Å².